The van der Waals surface area contributed by atoms with E-state index in [1.165, 1.54) is 55.2 Å². The number of amidine groups is 1. The molecule has 0 radical (unpaired) electrons. The van der Waals surface area contributed by atoms with Crippen LogP contribution in [0.15, 0.2) is 175 Å². The van der Waals surface area contributed by atoms with Gasteiger partial charge in [0.1, 0.15) is 5.84 Å². The minimum absolute atomic E-state index is 0.110. The molecule has 1 aromatic heterocycles. The maximum Gasteiger partial charge on any atom is 0.126 e. The highest BCUT2D eigenvalue weighted by molar-refractivity contribution is 6.12. The minimum atomic E-state index is -0.320. The third kappa shape index (κ3) is 4.90. The highest BCUT2D eigenvalue weighted by Gasteiger charge is 2.36. The fourth-order valence-corrected chi connectivity index (χ4v) is 8.34. The van der Waals surface area contributed by atoms with Crippen LogP contribution in [-0.2, 0) is 5.41 Å². The van der Waals surface area contributed by atoms with Crippen LogP contribution in [0.4, 0.5) is 0 Å². The molecule has 1 aliphatic carbocycles. The maximum absolute atomic E-state index is 5.22. The van der Waals surface area contributed by atoms with E-state index in [0.717, 1.165) is 28.2 Å². The first-order valence-corrected chi connectivity index (χ1v) is 18.1. The van der Waals surface area contributed by atoms with Gasteiger partial charge in [-0.25, -0.2) is 0 Å². The van der Waals surface area contributed by atoms with Crippen LogP contribution < -0.4 is 5.32 Å². The summed E-state index contributed by atoms with van der Waals surface area (Å²) in [5.74, 6) is 0.836. The van der Waals surface area contributed by atoms with Crippen molar-refractivity contribution in [1.29, 1.82) is 0 Å². The Kier molecular flexibility index (Phi) is 7.02. The van der Waals surface area contributed by atoms with Gasteiger partial charge in [-0.15, -0.1) is 0 Å². The van der Waals surface area contributed by atoms with Crippen LogP contribution in [0.25, 0.3) is 55.1 Å². The van der Waals surface area contributed by atoms with Crippen molar-refractivity contribution in [2.75, 3.05) is 0 Å². The van der Waals surface area contributed by atoms with Gasteiger partial charge in [0.2, 0.25) is 0 Å². The van der Waals surface area contributed by atoms with Crippen molar-refractivity contribution in [3.63, 3.8) is 0 Å². The lowest BCUT2D eigenvalue weighted by Crippen LogP contribution is -2.34. The van der Waals surface area contributed by atoms with E-state index < -0.39 is 0 Å². The molecule has 1 N–H and O–H groups in total. The number of aromatic nitrogens is 1. The molecule has 0 fully saturated rings. The van der Waals surface area contributed by atoms with E-state index in [4.69, 9.17) is 10.3 Å². The van der Waals surface area contributed by atoms with Crippen molar-refractivity contribution < 1.29 is 0 Å². The molecule has 2 atom stereocenters. The molecule has 10 rings (SSSR count). The standard InChI is InChI=1S/C48H37N4/c1-48(2)41-24-13-12-23-37(41)39-29-40-38-26-25-34(31-15-6-3-7-16-31)28-43(38)52(44(40)30-42(39)48)36-22-14-21-35(27-36)47-50-45(32-17-8-4-9-18-32)49-46(51-47)33-19-10-5-11-20-33/h3-30,45-46H,1-2H3,(H,50,51)/q-1. The molecule has 52 heavy (non-hydrogen) atoms. The number of hydrogen-bond acceptors (Lipinski definition) is 2. The van der Waals surface area contributed by atoms with Crippen molar-refractivity contribution in [2.45, 2.75) is 31.6 Å². The first kappa shape index (κ1) is 30.6. The highest BCUT2D eigenvalue weighted by Crippen LogP contribution is 2.51. The van der Waals surface area contributed by atoms with E-state index in [2.05, 4.69) is 181 Å². The van der Waals surface area contributed by atoms with E-state index >= 15 is 0 Å². The molecule has 250 valence electrons. The molecule has 0 saturated carbocycles. The summed E-state index contributed by atoms with van der Waals surface area (Å²) in [7, 11) is 0. The van der Waals surface area contributed by atoms with Crippen LogP contribution >= 0.6 is 0 Å². The van der Waals surface area contributed by atoms with Gasteiger partial charge in [-0.2, -0.15) is 0 Å². The van der Waals surface area contributed by atoms with Crippen molar-refractivity contribution in [2.24, 2.45) is 4.99 Å². The summed E-state index contributed by atoms with van der Waals surface area (Å²) in [5.41, 5.74) is 14.4. The molecule has 2 heterocycles. The molecule has 8 aromatic rings. The van der Waals surface area contributed by atoms with Gasteiger partial charge >= 0.3 is 0 Å². The fourth-order valence-electron chi connectivity index (χ4n) is 8.34. The second kappa shape index (κ2) is 11.9. The Morgan fingerprint density at radius 2 is 1.21 bits per heavy atom. The summed E-state index contributed by atoms with van der Waals surface area (Å²) < 4.78 is 2.46. The number of fused-ring (bicyclic) bond motifs is 6. The SMILES string of the molecule is CC1(C)c2ccccc2-c2cc3c4ccc(-c5ccccc5)cc4n(-c4cccc(C5=NC(c6ccccc6)[N-]C(c6ccccc6)N5)c4)c3cc21. The fraction of sp³-hybridized carbons (Fsp3) is 0.104. The zero-order valence-corrected chi connectivity index (χ0v) is 29.2. The average Bonchev–Trinajstić information content (AvgIpc) is 3.65. The van der Waals surface area contributed by atoms with Crippen LogP contribution in [-0.4, -0.2) is 10.4 Å². The van der Waals surface area contributed by atoms with Gasteiger partial charge < -0.3 is 15.2 Å². The smallest absolute Gasteiger partial charge is 0.126 e. The third-order valence-corrected chi connectivity index (χ3v) is 11.0. The molecule has 2 unspecified atom stereocenters. The maximum atomic E-state index is 5.22. The number of aliphatic imine (C=N–C) groups is 1. The second-order valence-electron chi connectivity index (χ2n) is 14.4. The van der Waals surface area contributed by atoms with Crippen LogP contribution in [0, 0.1) is 0 Å². The summed E-state index contributed by atoms with van der Waals surface area (Å²) >= 11 is 0. The van der Waals surface area contributed by atoms with E-state index in [0.29, 0.717) is 0 Å². The lowest BCUT2D eigenvalue weighted by Gasteiger charge is -2.44. The van der Waals surface area contributed by atoms with Crippen molar-refractivity contribution >= 4 is 27.6 Å². The van der Waals surface area contributed by atoms with Gasteiger partial charge in [-0.3, -0.25) is 4.99 Å². The lowest BCUT2D eigenvalue weighted by atomic mass is 9.82. The van der Waals surface area contributed by atoms with E-state index in [1.54, 1.807) is 0 Å². The van der Waals surface area contributed by atoms with Crippen molar-refractivity contribution in [3.05, 3.63) is 203 Å². The molecule has 0 spiro atoms. The molecular formula is C48H37N4-. The first-order valence-electron chi connectivity index (χ1n) is 18.1. The van der Waals surface area contributed by atoms with Crippen LogP contribution in [0.5, 0.6) is 0 Å². The second-order valence-corrected chi connectivity index (χ2v) is 14.4. The summed E-state index contributed by atoms with van der Waals surface area (Å²) in [6, 6.07) is 61.0. The number of rotatable bonds is 5. The van der Waals surface area contributed by atoms with Crippen LogP contribution in [0.3, 0.4) is 0 Å². The monoisotopic (exact) mass is 669 g/mol. The summed E-state index contributed by atoms with van der Waals surface area (Å²) in [5, 5.41) is 11.3. The largest absolute Gasteiger partial charge is 0.613 e. The summed E-state index contributed by atoms with van der Waals surface area (Å²) in [6.45, 7) is 4.71. The lowest BCUT2D eigenvalue weighted by molar-refractivity contribution is 0.631. The Labute approximate surface area is 304 Å². The minimum Gasteiger partial charge on any atom is -0.613 e. The normalized spacial score (nSPS) is 17.4. The number of hydrogen-bond donors (Lipinski definition) is 1. The van der Waals surface area contributed by atoms with E-state index in [-0.39, 0.29) is 17.7 Å². The molecular weight excluding hydrogens is 633 g/mol. The Bertz CT molecular complexity index is 2650. The number of benzene rings is 7. The predicted molar refractivity (Wildman–Crippen MR) is 215 cm³/mol. The summed E-state index contributed by atoms with van der Waals surface area (Å²) in [6.07, 6.45) is -0.546. The Hall–Kier alpha value is -6.23. The topological polar surface area (TPSA) is 43.4 Å². The van der Waals surface area contributed by atoms with Crippen LogP contribution in [0.2, 0.25) is 0 Å². The molecule has 7 aromatic carbocycles. The van der Waals surface area contributed by atoms with E-state index in [9.17, 15) is 0 Å². The third-order valence-electron chi connectivity index (χ3n) is 11.0. The van der Waals surface area contributed by atoms with Crippen LogP contribution in [0.1, 0.15) is 54.0 Å². The van der Waals surface area contributed by atoms with E-state index in [1.807, 2.05) is 12.1 Å². The van der Waals surface area contributed by atoms with Gasteiger partial charge in [0, 0.05) is 27.4 Å². The Morgan fingerprint density at radius 3 is 2.00 bits per heavy atom. The molecule has 2 aliphatic rings. The average molecular weight is 670 g/mol. The molecule has 1 aliphatic heterocycles. The number of nitrogens with one attached hydrogen (secondary N) is 1. The van der Waals surface area contributed by atoms with Crippen molar-refractivity contribution in [1.82, 2.24) is 9.88 Å². The van der Waals surface area contributed by atoms with Gasteiger partial charge in [0.05, 0.1) is 11.0 Å². The van der Waals surface area contributed by atoms with Gasteiger partial charge in [-0.1, -0.05) is 153 Å². The number of nitrogens with zero attached hydrogens (tertiary/aromatic N) is 3. The zero-order valence-electron chi connectivity index (χ0n) is 29.2. The zero-order chi connectivity index (χ0) is 34.8. The predicted octanol–water partition coefficient (Wildman–Crippen LogP) is 11.9. The van der Waals surface area contributed by atoms with Gasteiger partial charge in [0.15, 0.2) is 0 Å². The quantitative estimate of drug-likeness (QED) is 0.195. The molecule has 0 amide bonds. The first-order chi connectivity index (χ1) is 25.5. The molecule has 0 saturated heterocycles. The molecule has 4 heteroatoms. The van der Waals surface area contributed by atoms with Gasteiger partial charge in [0.25, 0.3) is 0 Å². The molecule has 0 bridgehead atoms. The summed E-state index contributed by atoms with van der Waals surface area (Å²) in [4.78, 5) is 5.22. The van der Waals surface area contributed by atoms with Gasteiger partial charge in [-0.05, 0) is 87.2 Å². The molecule has 4 nitrogen and oxygen atoms in total. The van der Waals surface area contributed by atoms with Crippen molar-refractivity contribution in [3.8, 4) is 27.9 Å². The Morgan fingerprint density at radius 1 is 0.538 bits per heavy atom. The Balaban J connectivity index is 1.18. The highest BCUT2D eigenvalue weighted by atomic mass is 15.3.